The van der Waals surface area contributed by atoms with Crippen LogP contribution in [-0.4, -0.2) is 25.3 Å². The number of thiocarbonyl (C=S) groups is 1. The van der Waals surface area contributed by atoms with Gasteiger partial charge in [-0.3, -0.25) is 4.90 Å². The molecule has 0 bridgehead atoms. The fourth-order valence-corrected chi connectivity index (χ4v) is 3.41. The van der Waals surface area contributed by atoms with Crippen LogP contribution in [0.1, 0.15) is 18.5 Å². The van der Waals surface area contributed by atoms with Crippen LogP contribution in [0.15, 0.2) is 65.9 Å². The summed E-state index contributed by atoms with van der Waals surface area (Å²) in [5.41, 5.74) is 3.06. The fourth-order valence-electron chi connectivity index (χ4n) is 3.05. The van der Waals surface area contributed by atoms with Crippen LogP contribution in [0.3, 0.4) is 0 Å². The number of esters is 1. The van der Waals surface area contributed by atoms with Gasteiger partial charge in [-0.2, -0.15) is 0 Å². The van der Waals surface area contributed by atoms with Crippen molar-refractivity contribution in [2.45, 2.75) is 13.0 Å². The number of methoxy groups -OCH3 is 2. The topological polar surface area (TPSA) is 50.8 Å². The average molecular weight is 368 g/mol. The fraction of sp³-hybridized carbons (Fsp3) is 0.200. The van der Waals surface area contributed by atoms with Gasteiger partial charge in [-0.1, -0.05) is 30.3 Å². The lowest BCUT2D eigenvalue weighted by Crippen LogP contribution is -2.48. The summed E-state index contributed by atoms with van der Waals surface area (Å²) in [4.78, 5) is 14.4. The van der Waals surface area contributed by atoms with E-state index in [2.05, 4.69) is 5.32 Å². The number of carbonyl (C=O) groups is 1. The number of hydrogen-bond donors (Lipinski definition) is 1. The molecule has 2 aromatic rings. The molecule has 0 saturated heterocycles. The zero-order valence-electron chi connectivity index (χ0n) is 14.9. The summed E-state index contributed by atoms with van der Waals surface area (Å²) in [7, 11) is 3.00. The van der Waals surface area contributed by atoms with Crippen LogP contribution < -0.4 is 15.0 Å². The molecule has 1 aliphatic rings. The molecule has 0 unspecified atom stereocenters. The second-order valence-corrected chi connectivity index (χ2v) is 6.20. The van der Waals surface area contributed by atoms with E-state index >= 15 is 0 Å². The monoisotopic (exact) mass is 368 g/mol. The van der Waals surface area contributed by atoms with E-state index in [0.717, 1.165) is 22.7 Å². The average Bonchev–Trinajstić information content (AvgIpc) is 2.68. The van der Waals surface area contributed by atoms with Crippen molar-refractivity contribution in [2.75, 3.05) is 19.1 Å². The van der Waals surface area contributed by atoms with Gasteiger partial charge in [0.2, 0.25) is 0 Å². The molecule has 1 atom stereocenters. The van der Waals surface area contributed by atoms with Gasteiger partial charge in [-0.05, 0) is 49.0 Å². The van der Waals surface area contributed by atoms with E-state index in [0.29, 0.717) is 10.7 Å². The number of anilines is 1. The molecule has 134 valence electrons. The highest BCUT2D eigenvalue weighted by atomic mass is 32.1. The lowest BCUT2D eigenvalue weighted by atomic mass is 9.94. The molecule has 3 rings (SSSR count). The van der Waals surface area contributed by atoms with E-state index in [1.54, 1.807) is 7.11 Å². The van der Waals surface area contributed by atoms with Crippen LogP contribution in [0.4, 0.5) is 5.69 Å². The van der Waals surface area contributed by atoms with Crippen molar-refractivity contribution in [1.82, 2.24) is 5.32 Å². The minimum absolute atomic E-state index is 0.388. The molecule has 0 spiro atoms. The summed E-state index contributed by atoms with van der Waals surface area (Å²) >= 11 is 5.59. The standard InChI is InChI=1S/C20H20N2O3S/c1-13-17(19(23)25-3)18(14-9-11-16(24-2)12-10-14)21-20(26)22(13)15-7-5-4-6-8-15/h4-12,18H,1-3H3,(H,21,26)/t18-/m0/s1. The van der Waals surface area contributed by atoms with E-state index in [4.69, 9.17) is 21.7 Å². The molecule has 0 aromatic heterocycles. The van der Waals surface area contributed by atoms with Crippen LogP contribution >= 0.6 is 12.2 Å². The molecule has 1 heterocycles. The normalized spacial score (nSPS) is 17.0. The molecular weight excluding hydrogens is 348 g/mol. The van der Waals surface area contributed by atoms with E-state index in [9.17, 15) is 4.79 Å². The summed E-state index contributed by atoms with van der Waals surface area (Å²) in [6.45, 7) is 1.88. The van der Waals surface area contributed by atoms with Gasteiger partial charge < -0.3 is 14.8 Å². The van der Waals surface area contributed by atoms with Crippen molar-refractivity contribution in [2.24, 2.45) is 0 Å². The van der Waals surface area contributed by atoms with Gasteiger partial charge in [0.15, 0.2) is 5.11 Å². The highest BCUT2D eigenvalue weighted by Gasteiger charge is 2.35. The minimum atomic E-state index is -0.390. The highest BCUT2D eigenvalue weighted by Crippen LogP contribution is 2.34. The number of para-hydroxylation sites is 1. The van der Waals surface area contributed by atoms with Crippen LogP contribution in [0.2, 0.25) is 0 Å². The third-order valence-electron chi connectivity index (χ3n) is 4.35. The number of rotatable bonds is 4. The molecule has 5 nitrogen and oxygen atoms in total. The predicted octanol–water partition coefficient (Wildman–Crippen LogP) is 3.58. The largest absolute Gasteiger partial charge is 0.497 e. The number of carbonyl (C=O) groups excluding carboxylic acids is 1. The molecule has 0 saturated carbocycles. The smallest absolute Gasteiger partial charge is 0.337 e. The summed E-state index contributed by atoms with van der Waals surface area (Å²) < 4.78 is 10.3. The Morgan fingerprint density at radius 3 is 2.31 bits per heavy atom. The second-order valence-electron chi connectivity index (χ2n) is 5.82. The highest BCUT2D eigenvalue weighted by molar-refractivity contribution is 7.80. The van der Waals surface area contributed by atoms with Crippen molar-refractivity contribution in [3.63, 3.8) is 0 Å². The Morgan fingerprint density at radius 1 is 1.08 bits per heavy atom. The van der Waals surface area contributed by atoms with Gasteiger partial charge in [-0.15, -0.1) is 0 Å². The summed E-state index contributed by atoms with van der Waals surface area (Å²) in [5.74, 6) is 0.359. The van der Waals surface area contributed by atoms with E-state index < -0.39 is 0 Å². The molecule has 2 aromatic carbocycles. The van der Waals surface area contributed by atoms with Gasteiger partial charge in [0.25, 0.3) is 0 Å². The van der Waals surface area contributed by atoms with Crippen molar-refractivity contribution in [3.05, 3.63) is 71.4 Å². The van der Waals surface area contributed by atoms with E-state index in [1.807, 2.05) is 66.4 Å². The molecule has 6 heteroatoms. The first-order chi connectivity index (χ1) is 12.6. The number of hydrogen-bond acceptors (Lipinski definition) is 4. The Kier molecular flexibility index (Phi) is 5.23. The molecular formula is C20H20N2O3S. The van der Waals surface area contributed by atoms with Crippen molar-refractivity contribution in [1.29, 1.82) is 0 Å². The maximum atomic E-state index is 12.6. The molecule has 0 amide bonds. The maximum absolute atomic E-state index is 12.6. The number of benzene rings is 2. The molecule has 0 radical (unpaired) electrons. The summed E-state index contributed by atoms with van der Waals surface area (Å²) in [6, 6.07) is 16.8. The van der Waals surface area contributed by atoms with Crippen molar-refractivity contribution in [3.8, 4) is 5.75 Å². The first-order valence-corrected chi connectivity index (χ1v) is 8.56. The van der Waals surface area contributed by atoms with Crippen molar-refractivity contribution < 1.29 is 14.3 Å². The third-order valence-corrected chi connectivity index (χ3v) is 4.65. The van der Waals surface area contributed by atoms with Crippen LogP contribution in [-0.2, 0) is 9.53 Å². The lowest BCUT2D eigenvalue weighted by molar-refractivity contribution is -0.136. The van der Waals surface area contributed by atoms with Crippen molar-refractivity contribution >= 4 is 29.0 Å². The van der Waals surface area contributed by atoms with Gasteiger partial charge in [0.1, 0.15) is 5.75 Å². The Morgan fingerprint density at radius 2 is 1.73 bits per heavy atom. The first-order valence-electron chi connectivity index (χ1n) is 8.15. The zero-order valence-corrected chi connectivity index (χ0v) is 15.7. The summed E-state index contributed by atoms with van der Waals surface area (Å²) in [5, 5.41) is 3.80. The minimum Gasteiger partial charge on any atom is -0.497 e. The molecule has 26 heavy (non-hydrogen) atoms. The van der Waals surface area contributed by atoms with Crippen LogP contribution in [0, 0.1) is 0 Å². The lowest BCUT2D eigenvalue weighted by Gasteiger charge is -2.37. The van der Waals surface area contributed by atoms with Gasteiger partial charge in [-0.25, -0.2) is 4.79 Å². The summed E-state index contributed by atoms with van der Waals surface area (Å²) in [6.07, 6.45) is 0. The Balaban J connectivity index is 2.10. The zero-order chi connectivity index (χ0) is 18.7. The Bertz CT molecular complexity index is 847. The third kappa shape index (κ3) is 3.28. The Labute approximate surface area is 158 Å². The van der Waals surface area contributed by atoms with Gasteiger partial charge in [0, 0.05) is 11.4 Å². The quantitative estimate of drug-likeness (QED) is 0.658. The van der Waals surface area contributed by atoms with Crippen LogP contribution in [0.25, 0.3) is 0 Å². The molecule has 1 N–H and O–H groups in total. The predicted molar refractivity (Wildman–Crippen MR) is 105 cm³/mol. The number of ether oxygens (including phenoxy) is 2. The van der Waals surface area contributed by atoms with Crippen LogP contribution in [0.5, 0.6) is 5.75 Å². The SMILES string of the molecule is COC(=O)C1=C(C)N(c2ccccc2)C(=S)N[C@H]1c1ccc(OC)cc1. The number of nitrogens with zero attached hydrogens (tertiary/aromatic N) is 1. The van der Waals surface area contributed by atoms with Gasteiger partial charge >= 0.3 is 5.97 Å². The van der Waals surface area contributed by atoms with E-state index in [1.165, 1.54) is 7.11 Å². The number of nitrogens with one attached hydrogen (secondary N) is 1. The Hall–Kier alpha value is -2.86. The molecule has 0 fully saturated rings. The number of allylic oxidation sites excluding steroid dienone is 1. The molecule has 1 aliphatic heterocycles. The maximum Gasteiger partial charge on any atom is 0.337 e. The molecule has 0 aliphatic carbocycles. The van der Waals surface area contributed by atoms with E-state index in [-0.39, 0.29) is 12.0 Å². The first kappa shape index (κ1) is 17.9. The van der Waals surface area contributed by atoms with Gasteiger partial charge in [0.05, 0.1) is 25.8 Å². The second kappa shape index (κ2) is 7.58.